The third-order valence-corrected chi connectivity index (χ3v) is 4.77. The van der Waals surface area contributed by atoms with Crippen LogP contribution in [0.1, 0.15) is 25.3 Å². The van der Waals surface area contributed by atoms with Gasteiger partial charge < -0.3 is 10.2 Å². The second kappa shape index (κ2) is 6.66. The predicted molar refractivity (Wildman–Crippen MR) is 91.8 cm³/mol. The van der Waals surface area contributed by atoms with Crippen LogP contribution in [-0.2, 0) is 16.0 Å². The topological polar surface area (TPSA) is 52.7 Å². The maximum absolute atomic E-state index is 13.0. The van der Waals surface area contributed by atoms with Gasteiger partial charge in [-0.1, -0.05) is 30.3 Å². The molecular formula is C17H21N3O2S. The van der Waals surface area contributed by atoms with Gasteiger partial charge in [-0.05, 0) is 37.5 Å². The van der Waals surface area contributed by atoms with Crippen LogP contribution in [0.4, 0.5) is 0 Å². The van der Waals surface area contributed by atoms with Crippen LogP contribution in [0.2, 0.25) is 0 Å². The molecular weight excluding hydrogens is 310 g/mol. The van der Waals surface area contributed by atoms with Gasteiger partial charge in [0.1, 0.15) is 12.1 Å². The molecule has 2 heterocycles. The molecule has 2 aliphatic heterocycles. The summed E-state index contributed by atoms with van der Waals surface area (Å²) in [7, 11) is 0. The molecule has 0 saturated carbocycles. The van der Waals surface area contributed by atoms with Crippen molar-refractivity contribution in [3.8, 4) is 0 Å². The Hall–Kier alpha value is -1.95. The van der Waals surface area contributed by atoms with E-state index < -0.39 is 6.04 Å². The van der Waals surface area contributed by atoms with Crippen LogP contribution in [0.15, 0.2) is 30.3 Å². The van der Waals surface area contributed by atoms with E-state index in [4.69, 9.17) is 12.2 Å². The quantitative estimate of drug-likeness (QED) is 0.846. The van der Waals surface area contributed by atoms with Crippen molar-refractivity contribution in [2.24, 2.45) is 0 Å². The van der Waals surface area contributed by atoms with E-state index in [-0.39, 0.29) is 17.9 Å². The second-order valence-corrected chi connectivity index (χ2v) is 6.50. The van der Waals surface area contributed by atoms with Crippen LogP contribution in [0, 0.1) is 0 Å². The van der Waals surface area contributed by atoms with Gasteiger partial charge in [-0.2, -0.15) is 0 Å². The first-order valence-electron chi connectivity index (χ1n) is 8.04. The van der Waals surface area contributed by atoms with E-state index in [1.54, 1.807) is 6.92 Å². The maximum Gasteiger partial charge on any atom is 0.251 e. The number of benzene rings is 1. The van der Waals surface area contributed by atoms with E-state index in [0.29, 0.717) is 11.5 Å². The third kappa shape index (κ3) is 3.22. The van der Waals surface area contributed by atoms with Crippen molar-refractivity contribution in [1.29, 1.82) is 0 Å². The number of likely N-dealkylation sites (tertiary alicyclic amines) is 1. The van der Waals surface area contributed by atoms with Gasteiger partial charge in [-0.25, -0.2) is 0 Å². The monoisotopic (exact) mass is 331 g/mol. The smallest absolute Gasteiger partial charge is 0.251 e. The van der Waals surface area contributed by atoms with Crippen LogP contribution in [0.5, 0.6) is 0 Å². The Balaban J connectivity index is 1.88. The highest BCUT2D eigenvalue weighted by Gasteiger charge is 2.42. The summed E-state index contributed by atoms with van der Waals surface area (Å²) in [6.45, 7) is 3.30. The molecule has 0 bridgehead atoms. The Morgan fingerprint density at radius 1 is 1.30 bits per heavy atom. The summed E-state index contributed by atoms with van der Waals surface area (Å²) in [5.74, 6) is -0.124. The zero-order valence-electron chi connectivity index (χ0n) is 13.2. The largest absolute Gasteiger partial charge is 0.351 e. The number of nitrogens with one attached hydrogen (secondary N) is 1. The summed E-state index contributed by atoms with van der Waals surface area (Å²) in [5, 5.41) is 3.32. The lowest BCUT2D eigenvalue weighted by atomic mass is 10.0. The minimum absolute atomic E-state index is 0.00190. The number of amides is 2. The van der Waals surface area contributed by atoms with Crippen LogP contribution in [0.25, 0.3) is 0 Å². The summed E-state index contributed by atoms with van der Waals surface area (Å²) in [6.07, 6.45) is 2.53. The minimum atomic E-state index is -0.562. The molecule has 122 valence electrons. The molecule has 0 radical (unpaired) electrons. The fourth-order valence-corrected chi connectivity index (χ4v) is 3.59. The molecule has 2 fully saturated rings. The minimum Gasteiger partial charge on any atom is -0.351 e. The summed E-state index contributed by atoms with van der Waals surface area (Å²) in [4.78, 5) is 28.8. The summed E-state index contributed by atoms with van der Waals surface area (Å²) in [5.41, 5.74) is 1.03. The standard InChI is InChI=1S/C17H21N3O2S/c1-12-15(21)20(17(23)18-12)14(11-13-7-3-2-4-8-13)16(22)19-9-5-6-10-19/h2-4,7-8,12,14H,5-6,9-11H2,1H3,(H,18,23)/t12-,14+/m0/s1. The van der Waals surface area contributed by atoms with Gasteiger partial charge in [0.05, 0.1) is 0 Å². The Morgan fingerprint density at radius 2 is 1.96 bits per heavy atom. The van der Waals surface area contributed by atoms with E-state index >= 15 is 0 Å². The average molecular weight is 331 g/mol. The number of thiocarbonyl (C=S) groups is 1. The van der Waals surface area contributed by atoms with Crippen molar-refractivity contribution >= 4 is 29.1 Å². The first kappa shape index (κ1) is 15.9. The van der Waals surface area contributed by atoms with E-state index in [1.165, 1.54) is 4.90 Å². The number of hydrogen-bond acceptors (Lipinski definition) is 3. The molecule has 5 nitrogen and oxygen atoms in total. The van der Waals surface area contributed by atoms with Crippen molar-refractivity contribution in [2.75, 3.05) is 13.1 Å². The van der Waals surface area contributed by atoms with E-state index in [0.717, 1.165) is 31.5 Å². The molecule has 1 aromatic rings. The van der Waals surface area contributed by atoms with Crippen LogP contribution < -0.4 is 5.32 Å². The third-order valence-electron chi connectivity index (χ3n) is 4.45. The van der Waals surface area contributed by atoms with E-state index in [9.17, 15) is 9.59 Å². The first-order valence-corrected chi connectivity index (χ1v) is 8.45. The highest BCUT2D eigenvalue weighted by atomic mass is 32.1. The summed E-state index contributed by atoms with van der Waals surface area (Å²) in [6, 6.07) is 8.85. The highest BCUT2D eigenvalue weighted by Crippen LogP contribution is 2.20. The number of carbonyl (C=O) groups is 2. The molecule has 23 heavy (non-hydrogen) atoms. The van der Waals surface area contributed by atoms with Gasteiger partial charge in [-0.3, -0.25) is 14.5 Å². The molecule has 2 amide bonds. The van der Waals surface area contributed by atoms with Crippen molar-refractivity contribution in [3.63, 3.8) is 0 Å². The zero-order chi connectivity index (χ0) is 16.4. The van der Waals surface area contributed by atoms with Crippen molar-refractivity contribution in [3.05, 3.63) is 35.9 Å². The Kier molecular flexibility index (Phi) is 4.61. The fourth-order valence-electron chi connectivity index (χ4n) is 3.19. The molecule has 2 atom stereocenters. The highest BCUT2D eigenvalue weighted by molar-refractivity contribution is 7.80. The van der Waals surface area contributed by atoms with E-state index in [1.807, 2.05) is 35.2 Å². The predicted octanol–water partition coefficient (Wildman–Crippen LogP) is 1.33. The molecule has 2 saturated heterocycles. The van der Waals surface area contributed by atoms with Gasteiger partial charge >= 0.3 is 0 Å². The molecule has 0 aliphatic carbocycles. The van der Waals surface area contributed by atoms with Gasteiger partial charge in [0, 0.05) is 19.5 Å². The fraction of sp³-hybridized carbons (Fsp3) is 0.471. The number of rotatable bonds is 4. The number of nitrogens with zero attached hydrogens (tertiary/aromatic N) is 2. The number of hydrogen-bond donors (Lipinski definition) is 1. The molecule has 6 heteroatoms. The molecule has 0 unspecified atom stereocenters. The Labute approximate surface area is 141 Å². The molecule has 1 N–H and O–H groups in total. The second-order valence-electron chi connectivity index (χ2n) is 6.12. The molecule has 3 rings (SSSR count). The molecule has 0 aromatic heterocycles. The van der Waals surface area contributed by atoms with Crippen LogP contribution in [-0.4, -0.2) is 51.9 Å². The lowest BCUT2D eigenvalue weighted by molar-refractivity contribution is -0.140. The molecule has 0 spiro atoms. The Bertz CT molecular complexity index is 614. The molecule has 2 aliphatic rings. The average Bonchev–Trinajstić information content (AvgIpc) is 3.16. The number of carbonyl (C=O) groups excluding carboxylic acids is 2. The van der Waals surface area contributed by atoms with Gasteiger partial charge in [0.25, 0.3) is 5.91 Å². The Morgan fingerprint density at radius 3 is 2.52 bits per heavy atom. The van der Waals surface area contributed by atoms with E-state index in [2.05, 4.69) is 5.32 Å². The lowest BCUT2D eigenvalue weighted by Crippen LogP contribution is -2.51. The van der Waals surface area contributed by atoms with Gasteiger partial charge in [0.2, 0.25) is 5.91 Å². The van der Waals surface area contributed by atoms with Crippen LogP contribution >= 0.6 is 12.2 Å². The van der Waals surface area contributed by atoms with Gasteiger partial charge in [0.15, 0.2) is 5.11 Å². The maximum atomic E-state index is 13.0. The van der Waals surface area contributed by atoms with Crippen molar-refractivity contribution < 1.29 is 9.59 Å². The normalized spacial score (nSPS) is 22.4. The summed E-state index contributed by atoms with van der Waals surface area (Å²) < 4.78 is 0. The zero-order valence-corrected chi connectivity index (χ0v) is 14.0. The first-order chi connectivity index (χ1) is 11.1. The lowest BCUT2D eigenvalue weighted by Gasteiger charge is -2.29. The van der Waals surface area contributed by atoms with Gasteiger partial charge in [-0.15, -0.1) is 0 Å². The summed E-state index contributed by atoms with van der Waals surface area (Å²) >= 11 is 5.30. The van der Waals surface area contributed by atoms with Crippen LogP contribution in [0.3, 0.4) is 0 Å². The molecule has 1 aromatic carbocycles. The van der Waals surface area contributed by atoms with Crippen molar-refractivity contribution in [1.82, 2.24) is 15.1 Å². The SMILES string of the molecule is C[C@@H]1NC(=S)N([C@H](Cc2ccccc2)C(=O)N2CCCC2)C1=O. The van der Waals surface area contributed by atoms with Crippen molar-refractivity contribution in [2.45, 2.75) is 38.3 Å².